The summed E-state index contributed by atoms with van der Waals surface area (Å²) in [5.74, 6) is -3.01. The van der Waals surface area contributed by atoms with Crippen LogP contribution in [0.3, 0.4) is 0 Å². The molecule has 46 heavy (non-hydrogen) atoms. The van der Waals surface area contributed by atoms with Gasteiger partial charge in [-0.2, -0.15) is 26.3 Å². The number of hydrogen-bond acceptors (Lipinski definition) is 6. The van der Waals surface area contributed by atoms with E-state index in [2.05, 4.69) is 138 Å². The Kier molecular flexibility index (Phi) is 30.6. The number of carboxylic acid groups (broad SMARTS) is 1. The van der Waals surface area contributed by atoms with E-state index in [0.29, 0.717) is 4.47 Å². The molecule has 0 aromatic heterocycles. The average molecular weight is 1230 g/mol. The predicted octanol–water partition coefficient (Wildman–Crippen LogP) is 10.9. The minimum absolute atomic E-state index is 0. The smallest absolute Gasteiger partial charge is 0.542 e. The first-order valence-corrected chi connectivity index (χ1v) is 24.1. The van der Waals surface area contributed by atoms with Crippen LogP contribution in [0.15, 0.2) is 135 Å². The van der Waals surface area contributed by atoms with Gasteiger partial charge in [0, 0.05) is 74.7 Å². The summed E-state index contributed by atoms with van der Waals surface area (Å²) in [7, 11) is 3.52. The van der Waals surface area contributed by atoms with Crippen LogP contribution < -0.4 is 56.5 Å². The summed E-state index contributed by atoms with van der Waals surface area (Å²) in [5, 5.41) is 8.78. The van der Waals surface area contributed by atoms with Crippen molar-refractivity contribution < 1.29 is 87.6 Å². The van der Waals surface area contributed by atoms with Crippen LogP contribution in [0.4, 0.5) is 26.3 Å². The molecule has 246 valence electrons. The number of carboxylic acids is 1. The monoisotopic (exact) mass is 1220 g/mol. The molecule has 19 heteroatoms. The first-order chi connectivity index (χ1) is 20.9. The zero-order valence-corrected chi connectivity index (χ0v) is 39.9. The van der Waals surface area contributed by atoms with Crippen LogP contribution in [0.1, 0.15) is 0 Å². The van der Waals surface area contributed by atoms with Crippen LogP contribution in [0, 0.1) is 0 Å². The average Bonchev–Trinajstić information content (AvgIpc) is 2.93. The molecule has 4 aromatic carbocycles. The predicted molar refractivity (Wildman–Crippen MR) is 207 cm³/mol. The number of rotatable bonds is 4. The van der Waals surface area contributed by atoms with Gasteiger partial charge in [-0.05, 0) is 84.6 Å². The minimum atomic E-state index is -5.19. The maximum Gasteiger partial charge on any atom is 1.00 e. The molecule has 0 aliphatic heterocycles. The number of thioether (sulfide) groups is 1. The minimum Gasteiger partial charge on any atom is -0.542 e. The summed E-state index contributed by atoms with van der Waals surface area (Å²) < 4.78 is 71.0. The molecule has 4 aromatic rings. The molecular formula is C27H17Br4F6I2KO2S4. The van der Waals surface area contributed by atoms with Crippen molar-refractivity contribution in [2.75, 3.05) is 0 Å². The summed E-state index contributed by atoms with van der Waals surface area (Å²) in [6.45, 7) is 0. The van der Waals surface area contributed by atoms with Crippen LogP contribution >= 0.6 is 147 Å². The van der Waals surface area contributed by atoms with Gasteiger partial charge in [-0.3, -0.25) is 0 Å². The van der Waals surface area contributed by atoms with Gasteiger partial charge in [0.05, 0.1) is 0 Å². The second-order valence-corrected chi connectivity index (χ2v) is 14.9. The Hall–Kier alpha value is 2.35. The Morgan fingerprint density at radius 2 is 0.935 bits per heavy atom. The fraction of sp³-hybridized carbons (Fsp3) is 0.0741. The Morgan fingerprint density at radius 1 is 0.630 bits per heavy atom. The number of hydrogen-bond donors (Lipinski definition) is 1. The van der Waals surface area contributed by atoms with E-state index in [-0.39, 0.29) is 68.0 Å². The van der Waals surface area contributed by atoms with Crippen LogP contribution in [0.5, 0.6) is 0 Å². The topological polar surface area (TPSA) is 40.1 Å². The molecule has 4 rings (SSSR count). The third-order valence-electron chi connectivity index (χ3n) is 3.90. The molecule has 0 atom stereocenters. The standard InChI is InChI=1S/C12H8Br2S2.C7H4BrF3S.C6H5BrS.C2HF3O2.I2.K/c13-9-3-1-5-11(7-9)15-16-12-6-2-4-10(14)8-12;8-5-2-1-3-6(4-5)12-7(9,10)11;7-5-2-1-3-6(8)4-5;3-2(4,5)1(6)7;1-2;/h1-8H;1-4H;1-4,8H;(H,6,7);;/q;;;;;+1/p-1. The SMILES string of the molecule is Brc1cccc(SSc2cccc(Br)c2)c1.FC(F)(F)Sc1cccc(Br)c1.II.O=C([O-])C(F)(F)F.Sc1cccc(Br)c1.[K+]. The number of halogens is 12. The maximum atomic E-state index is 11.8. The van der Waals surface area contributed by atoms with Crippen molar-refractivity contribution in [2.24, 2.45) is 0 Å². The normalized spacial score (nSPS) is 10.1. The van der Waals surface area contributed by atoms with Gasteiger partial charge in [-0.1, -0.05) is 110 Å². The number of aliphatic carboxylic acids is 1. The molecule has 0 bridgehead atoms. The van der Waals surface area contributed by atoms with E-state index in [9.17, 15) is 26.3 Å². The Labute approximate surface area is 380 Å². The first-order valence-electron chi connectivity index (χ1n) is 11.2. The molecule has 0 unspecified atom stereocenters. The number of thiol groups is 1. The molecule has 2 nitrogen and oxygen atoms in total. The van der Waals surface area contributed by atoms with E-state index in [0.717, 1.165) is 18.3 Å². The zero-order chi connectivity index (χ0) is 34.6. The first kappa shape index (κ1) is 50.5. The van der Waals surface area contributed by atoms with Crippen molar-refractivity contribution in [1.29, 1.82) is 0 Å². The van der Waals surface area contributed by atoms with Crippen LogP contribution in [-0.4, -0.2) is 17.7 Å². The van der Waals surface area contributed by atoms with E-state index in [1.165, 1.54) is 21.9 Å². The Bertz CT molecular complexity index is 1400. The molecule has 0 spiro atoms. The summed E-state index contributed by atoms with van der Waals surface area (Å²) >= 11 is 21.6. The maximum absolute atomic E-state index is 11.8. The molecule has 0 aliphatic rings. The summed E-state index contributed by atoms with van der Waals surface area (Å²) in [5.41, 5.74) is -4.21. The van der Waals surface area contributed by atoms with Crippen molar-refractivity contribution in [2.45, 2.75) is 31.3 Å². The van der Waals surface area contributed by atoms with Gasteiger partial charge < -0.3 is 9.90 Å². The van der Waals surface area contributed by atoms with Gasteiger partial charge in [0.15, 0.2) is 0 Å². The molecule has 0 heterocycles. The molecular weight excluding hydrogens is 1210 g/mol. The third kappa shape index (κ3) is 28.0. The van der Waals surface area contributed by atoms with Crippen LogP contribution in [0.25, 0.3) is 0 Å². The van der Waals surface area contributed by atoms with E-state index < -0.39 is 17.7 Å². The second-order valence-electron chi connectivity index (χ2n) is 7.35. The van der Waals surface area contributed by atoms with E-state index in [1.54, 1.807) is 33.7 Å². The fourth-order valence-electron chi connectivity index (χ4n) is 2.27. The van der Waals surface area contributed by atoms with Crippen molar-refractivity contribution in [1.82, 2.24) is 0 Å². The number of carbonyl (C=O) groups is 1. The second kappa shape index (κ2) is 27.9. The Balaban J connectivity index is 0. The van der Waals surface area contributed by atoms with Gasteiger partial charge >= 0.3 is 63.1 Å². The van der Waals surface area contributed by atoms with Crippen molar-refractivity contribution in [3.8, 4) is 0 Å². The van der Waals surface area contributed by atoms with Gasteiger partial charge in [0.25, 0.3) is 0 Å². The summed E-state index contributed by atoms with van der Waals surface area (Å²) in [4.78, 5) is 12.5. The number of alkyl halides is 6. The molecule has 0 N–H and O–H groups in total. The van der Waals surface area contributed by atoms with Gasteiger partial charge in [0.1, 0.15) is 5.97 Å². The summed E-state index contributed by atoms with van der Waals surface area (Å²) in [6, 6.07) is 30.5. The molecule has 0 amide bonds. The molecule has 0 fully saturated rings. The van der Waals surface area contributed by atoms with E-state index in [1.807, 2.05) is 48.5 Å². The molecule has 0 radical (unpaired) electrons. The molecule has 0 aliphatic carbocycles. The fourth-order valence-corrected chi connectivity index (χ4v) is 7.34. The zero-order valence-electron chi connectivity index (χ0n) is 22.8. The quantitative estimate of drug-likeness (QED) is 0.0551. The van der Waals surface area contributed by atoms with Gasteiger partial charge in [-0.15, -0.1) is 12.6 Å². The number of benzene rings is 4. The van der Waals surface area contributed by atoms with Crippen molar-refractivity contribution in [3.63, 3.8) is 0 Å². The van der Waals surface area contributed by atoms with Crippen LogP contribution in [-0.2, 0) is 4.79 Å². The molecule has 0 saturated carbocycles. The number of carbonyl (C=O) groups excluding carboxylic acids is 1. The Morgan fingerprint density at radius 3 is 1.20 bits per heavy atom. The third-order valence-corrected chi connectivity index (χ3v) is 9.25. The summed E-state index contributed by atoms with van der Waals surface area (Å²) in [6.07, 6.45) is -5.19. The van der Waals surface area contributed by atoms with Crippen LogP contribution in [0.2, 0.25) is 0 Å². The largest absolute Gasteiger partial charge is 1.00 e. The van der Waals surface area contributed by atoms with Crippen molar-refractivity contribution in [3.05, 3.63) is 115 Å². The van der Waals surface area contributed by atoms with Gasteiger partial charge in [-0.25, -0.2) is 0 Å². The van der Waals surface area contributed by atoms with Gasteiger partial charge in [0.2, 0.25) is 0 Å². The molecule has 0 saturated heterocycles. The van der Waals surface area contributed by atoms with Crippen molar-refractivity contribution >= 4 is 153 Å². The van der Waals surface area contributed by atoms with E-state index >= 15 is 0 Å². The van der Waals surface area contributed by atoms with E-state index in [4.69, 9.17) is 9.90 Å².